The molecular weight excluding hydrogens is 184 g/mol. The van der Waals surface area contributed by atoms with E-state index >= 15 is 0 Å². The first-order chi connectivity index (χ1) is 4.38. The van der Waals surface area contributed by atoms with Crippen LogP contribution in [0.4, 0.5) is 0 Å². The second-order valence-corrected chi connectivity index (χ2v) is 2.50. The van der Waals surface area contributed by atoms with Crippen LogP contribution in [0.25, 0.3) is 5.71 Å². The fourth-order valence-corrected chi connectivity index (χ4v) is 1.07. The zero-order valence-electron chi connectivity index (χ0n) is 4.41. The fourth-order valence-electron chi connectivity index (χ4n) is 0.699. The van der Waals surface area contributed by atoms with Crippen molar-refractivity contribution in [3.05, 3.63) is 23.1 Å². The van der Waals surface area contributed by atoms with Crippen LogP contribution >= 0.6 is 15.9 Å². The van der Waals surface area contributed by atoms with Crippen LogP contribution in [-0.2, 0) is 0 Å². The minimum Gasteiger partial charge on any atom is -0.444 e. The smallest absolute Gasteiger partial charge is 0.235 e. The molecule has 0 fully saturated rings. The summed E-state index contributed by atoms with van der Waals surface area (Å²) in [5.74, 6) is 0. The average molecular weight is 187 g/mol. The van der Waals surface area contributed by atoms with Crippen molar-refractivity contribution in [2.24, 2.45) is 0 Å². The Balaban J connectivity index is 2.99. The molecule has 0 aliphatic carbocycles. The molecule has 0 aliphatic heterocycles. The van der Waals surface area contributed by atoms with Gasteiger partial charge >= 0.3 is 0 Å². The van der Waals surface area contributed by atoms with E-state index in [1.807, 2.05) is 0 Å². The third-order valence-corrected chi connectivity index (χ3v) is 1.63. The number of aromatic nitrogens is 2. The highest BCUT2D eigenvalue weighted by atomic mass is 79.9. The molecule has 46 valence electrons. The molecule has 0 radical (unpaired) electrons. The van der Waals surface area contributed by atoms with Gasteiger partial charge in [0.1, 0.15) is 10.7 Å². The molecule has 3 nitrogen and oxygen atoms in total. The number of hydrogen-bond acceptors (Lipinski definition) is 2. The first kappa shape index (κ1) is 5.05. The number of rotatable bonds is 0. The molecule has 2 aromatic rings. The Kier molecular flexibility index (Phi) is 0.900. The fraction of sp³-hybridized carbons (Fsp3) is 0. The van der Waals surface area contributed by atoms with Gasteiger partial charge in [0.25, 0.3) is 0 Å². The van der Waals surface area contributed by atoms with E-state index in [1.165, 1.54) is 0 Å². The molecule has 4 heteroatoms. The van der Waals surface area contributed by atoms with Crippen LogP contribution < -0.4 is 0 Å². The van der Waals surface area contributed by atoms with Crippen LogP contribution in [0.5, 0.6) is 0 Å². The van der Waals surface area contributed by atoms with E-state index in [4.69, 9.17) is 4.42 Å². The lowest BCUT2D eigenvalue weighted by Crippen LogP contribution is -1.74. The van der Waals surface area contributed by atoms with Gasteiger partial charge < -0.3 is 4.42 Å². The second-order valence-electron chi connectivity index (χ2n) is 1.65. The molecule has 0 bridgehead atoms. The normalized spacial score (nSPS) is 10.8. The summed E-state index contributed by atoms with van der Waals surface area (Å²) in [6.45, 7) is 0. The number of fused-ring (bicyclic) bond motifs is 1. The standard InChI is InChI=1S/C5H3BrN2O/c6-4-3-7-8-1-2-9-5(4)8/h1-3H. The van der Waals surface area contributed by atoms with Crippen molar-refractivity contribution in [1.29, 1.82) is 0 Å². The Hall–Kier alpha value is -0.770. The molecule has 2 rings (SSSR count). The van der Waals surface area contributed by atoms with Crippen LogP contribution in [-0.4, -0.2) is 9.61 Å². The number of halogens is 1. The number of nitrogens with zero attached hydrogens (tertiary/aromatic N) is 2. The van der Waals surface area contributed by atoms with Crippen molar-refractivity contribution in [3.8, 4) is 0 Å². The maximum absolute atomic E-state index is 5.04. The van der Waals surface area contributed by atoms with Gasteiger partial charge in [0.15, 0.2) is 0 Å². The third-order valence-electron chi connectivity index (χ3n) is 1.09. The number of oxazole rings is 1. The Labute approximate surface area is 59.4 Å². The van der Waals surface area contributed by atoms with E-state index in [0.717, 1.165) is 10.2 Å². The van der Waals surface area contributed by atoms with Gasteiger partial charge in [-0.1, -0.05) is 0 Å². The van der Waals surface area contributed by atoms with Gasteiger partial charge in [-0.15, -0.1) is 0 Å². The van der Waals surface area contributed by atoms with E-state index in [1.54, 1.807) is 23.2 Å². The summed E-state index contributed by atoms with van der Waals surface area (Å²) in [7, 11) is 0. The van der Waals surface area contributed by atoms with Gasteiger partial charge in [0.05, 0.1) is 12.4 Å². The minimum atomic E-state index is 0.745. The molecule has 0 aromatic carbocycles. The van der Waals surface area contributed by atoms with Crippen molar-refractivity contribution >= 4 is 21.6 Å². The summed E-state index contributed by atoms with van der Waals surface area (Å²) in [6, 6.07) is 0. The zero-order valence-corrected chi connectivity index (χ0v) is 6.00. The Morgan fingerprint density at radius 2 is 2.56 bits per heavy atom. The van der Waals surface area contributed by atoms with Gasteiger partial charge in [0, 0.05) is 0 Å². The summed E-state index contributed by atoms with van der Waals surface area (Å²) < 4.78 is 7.58. The molecule has 0 saturated carbocycles. The molecule has 0 N–H and O–H groups in total. The lowest BCUT2D eigenvalue weighted by molar-refractivity contribution is 0.604. The molecular formula is C5H3BrN2O. The molecule has 0 atom stereocenters. The van der Waals surface area contributed by atoms with Crippen LogP contribution in [0.2, 0.25) is 0 Å². The van der Waals surface area contributed by atoms with Gasteiger partial charge in [-0.2, -0.15) is 5.10 Å². The van der Waals surface area contributed by atoms with Crippen LogP contribution in [0.3, 0.4) is 0 Å². The van der Waals surface area contributed by atoms with Crippen molar-refractivity contribution in [2.75, 3.05) is 0 Å². The lowest BCUT2D eigenvalue weighted by Gasteiger charge is -1.74. The third kappa shape index (κ3) is 0.595. The molecule has 0 amide bonds. The average Bonchev–Trinajstić information content (AvgIpc) is 2.35. The maximum atomic E-state index is 5.04. The largest absolute Gasteiger partial charge is 0.444 e. The summed E-state index contributed by atoms with van der Waals surface area (Å²) in [5.41, 5.74) is 0.745. The summed E-state index contributed by atoms with van der Waals surface area (Å²) >= 11 is 3.27. The Bertz CT molecular complexity index is 324. The van der Waals surface area contributed by atoms with Crippen LogP contribution in [0.15, 0.2) is 27.5 Å². The van der Waals surface area contributed by atoms with Crippen LogP contribution in [0, 0.1) is 0 Å². The van der Waals surface area contributed by atoms with Crippen molar-refractivity contribution < 1.29 is 4.42 Å². The highest BCUT2D eigenvalue weighted by molar-refractivity contribution is 9.10. The Morgan fingerprint density at radius 1 is 1.67 bits per heavy atom. The van der Waals surface area contributed by atoms with Gasteiger partial charge in [-0.05, 0) is 15.9 Å². The zero-order chi connectivity index (χ0) is 6.27. The molecule has 0 spiro atoms. The highest BCUT2D eigenvalue weighted by Gasteiger charge is 2.00. The van der Waals surface area contributed by atoms with Crippen molar-refractivity contribution in [2.45, 2.75) is 0 Å². The summed E-state index contributed by atoms with van der Waals surface area (Å²) in [5, 5.41) is 3.95. The van der Waals surface area contributed by atoms with E-state index in [0.29, 0.717) is 0 Å². The van der Waals surface area contributed by atoms with Gasteiger partial charge in [0.2, 0.25) is 5.71 Å². The summed E-state index contributed by atoms with van der Waals surface area (Å²) in [6.07, 6.45) is 5.03. The molecule has 0 saturated heterocycles. The van der Waals surface area contributed by atoms with E-state index in [9.17, 15) is 0 Å². The minimum absolute atomic E-state index is 0.745. The lowest BCUT2D eigenvalue weighted by atomic mass is 10.7. The molecule has 2 heterocycles. The topological polar surface area (TPSA) is 30.4 Å². The molecule has 0 unspecified atom stereocenters. The van der Waals surface area contributed by atoms with E-state index < -0.39 is 0 Å². The van der Waals surface area contributed by atoms with Gasteiger partial charge in [-0.3, -0.25) is 0 Å². The molecule has 9 heavy (non-hydrogen) atoms. The van der Waals surface area contributed by atoms with Gasteiger partial charge in [-0.25, -0.2) is 4.52 Å². The van der Waals surface area contributed by atoms with Crippen LogP contribution in [0.1, 0.15) is 0 Å². The van der Waals surface area contributed by atoms with Crippen molar-refractivity contribution in [3.63, 3.8) is 0 Å². The predicted molar refractivity (Wildman–Crippen MR) is 35.2 cm³/mol. The SMILES string of the molecule is Brc1cnn2ccoc12. The van der Waals surface area contributed by atoms with E-state index in [2.05, 4.69) is 21.0 Å². The summed E-state index contributed by atoms with van der Waals surface area (Å²) in [4.78, 5) is 0. The maximum Gasteiger partial charge on any atom is 0.235 e. The highest BCUT2D eigenvalue weighted by Crippen LogP contribution is 2.16. The quantitative estimate of drug-likeness (QED) is 0.628. The molecule has 2 aromatic heterocycles. The first-order valence-electron chi connectivity index (χ1n) is 2.44. The predicted octanol–water partition coefficient (Wildman–Crippen LogP) is 1.69. The van der Waals surface area contributed by atoms with E-state index in [-0.39, 0.29) is 0 Å². The Morgan fingerprint density at radius 3 is 3.33 bits per heavy atom. The first-order valence-corrected chi connectivity index (χ1v) is 3.23. The second kappa shape index (κ2) is 1.60. The monoisotopic (exact) mass is 186 g/mol. The molecule has 0 aliphatic rings. The van der Waals surface area contributed by atoms with Crippen molar-refractivity contribution in [1.82, 2.24) is 9.61 Å². The number of hydrogen-bond donors (Lipinski definition) is 0.